The highest BCUT2D eigenvalue weighted by Crippen LogP contribution is 2.19. The summed E-state index contributed by atoms with van der Waals surface area (Å²) in [7, 11) is 1.76. The smallest absolute Gasteiger partial charge is 0.253 e. The van der Waals surface area contributed by atoms with Gasteiger partial charge in [0.25, 0.3) is 5.91 Å². The third-order valence-electron chi connectivity index (χ3n) is 5.31. The van der Waals surface area contributed by atoms with E-state index in [1.54, 1.807) is 30.4 Å². The van der Waals surface area contributed by atoms with Crippen LogP contribution in [-0.2, 0) is 19.5 Å². The van der Waals surface area contributed by atoms with Gasteiger partial charge in [-0.25, -0.2) is 15.1 Å². The Hall–Kier alpha value is -4.54. The van der Waals surface area contributed by atoms with Crippen LogP contribution in [0.15, 0.2) is 55.1 Å². The van der Waals surface area contributed by atoms with Crippen molar-refractivity contribution < 1.29 is 4.79 Å². The first-order valence-electron chi connectivity index (χ1n) is 10.4. The molecule has 166 valence electrons. The zero-order chi connectivity index (χ0) is 22.8. The number of nitrogens with one attached hydrogen (secondary N) is 2. The summed E-state index contributed by atoms with van der Waals surface area (Å²) in [5.74, 6) is 1.10. The number of carbonyl (C=O) groups excluding carboxylic acids is 1. The summed E-state index contributed by atoms with van der Waals surface area (Å²) in [5.41, 5.74) is 10.8. The van der Waals surface area contributed by atoms with E-state index in [0.717, 1.165) is 22.5 Å². The van der Waals surface area contributed by atoms with Crippen molar-refractivity contribution in [2.45, 2.75) is 19.5 Å². The number of nitrogens with two attached hydrogens (primary N) is 1. The number of carbonyl (C=O) groups is 1. The number of benzene rings is 1. The average Bonchev–Trinajstić information content (AvgIpc) is 3.56. The summed E-state index contributed by atoms with van der Waals surface area (Å²) >= 11 is 0. The number of aromatic nitrogens is 8. The van der Waals surface area contributed by atoms with Crippen LogP contribution in [0, 0.1) is 0 Å². The van der Waals surface area contributed by atoms with Crippen LogP contribution in [0.5, 0.6) is 0 Å². The van der Waals surface area contributed by atoms with Gasteiger partial charge in [-0.15, -0.1) is 5.10 Å². The normalized spacial score (nSPS) is 11.2. The molecule has 0 unspecified atom stereocenters. The van der Waals surface area contributed by atoms with Crippen molar-refractivity contribution in [2.24, 2.45) is 0 Å². The van der Waals surface area contributed by atoms with Gasteiger partial charge in [0, 0.05) is 37.6 Å². The molecule has 0 spiro atoms. The number of amides is 1. The summed E-state index contributed by atoms with van der Waals surface area (Å²) < 4.78 is 1.86. The largest absolute Gasteiger partial charge is 0.384 e. The van der Waals surface area contributed by atoms with Gasteiger partial charge in [-0.3, -0.25) is 9.48 Å². The molecular weight excluding hydrogens is 420 g/mol. The Morgan fingerprint density at radius 3 is 2.85 bits per heavy atom. The van der Waals surface area contributed by atoms with Crippen molar-refractivity contribution in [3.8, 4) is 0 Å². The Balaban J connectivity index is 1.24. The molecular formula is C22H22N10O. The predicted molar refractivity (Wildman–Crippen MR) is 121 cm³/mol. The third kappa shape index (κ3) is 4.42. The number of rotatable bonds is 7. The summed E-state index contributed by atoms with van der Waals surface area (Å²) in [6.07, 6.45) is 7.84. The second-order valence-corrected chi connectivity index (χ2v) is 7.83. The molecule has 1 aromatic carbocycles. The highest BCUT2D eigenvalue weighted by Gasteiger charge is 2.13. The lowest BCUT2D eigenvalue weighted by Crippen LogP contribution is -2.26. The lowest BCUT2D eigenvalue weighted by molar-refractivity contribution is 0.0782. The monoisotopic (exact) mass is 442 g/mol. The number of H-pyrrole nitrogens is 2. The topological polar surface area (TPSA) is 147 Å². The standard InChI is InChI=1S/C22H22N10O/c1-31(13-19-24-6-7-25-19)22(33)16-4-2-14(3-5-16)11-32-12-15(10-26-32)8-17-9-18(23)27-21-20(17)28-30-29-21/h2-7,9-10,12H,8,11,13H2,1H3,(H,24,25)(H3,23,27,28,29,30). The zero-order valence-corrected chi connectivity index (χ0v) is 17.9. The molecule has 0 fully saturated rings. The number of fused-ring (bicyclic) bond motifs is 1. The Labute approximate surface area is 188 Å². The maximum Gasteiger partial charge on any atom is 0.253 e. The first-order chi connectivity index (χ1) is 16.0. The first kappa shape index (κ1) is 20.4. The van der Waals surface area contributed by atoms with Crippen LogP contribution in [-0.4, -0.2) is 58.0 Å². The molecule has 0 atom stereocenters. The first-order valence-corrected chi connectivity index (χ1v) is 10.4. The Bertz CT molecular complexity index is 1380. The van der Waals surface area contributed by atoms with Crippen molar-refractivity contribution in [2.75, 3.05) is 12.8 Å². The molecule has 11 nitrogen and oxygen atoms in total. The minimum Gasteiger partial charge on any atom is -0.384 e. The molecule has 1 amide bonds. The Kier molecular flexibility index (Phi) is 5.27. The van der Waals surface area contributed by atoms with Gasteiger partial charge in [-0.2, -0.15) is 5.10 Å². The Morgan fingerprint density at radius 1 is 1.21 bits per heavy atom. The fraction of sp³-hybridized carbons (Fsp3) is 0.182. The van der Waals surface area contributed by atoms with E-state index in [0.29, 0.717) is 42.1 Å². The van der Waals surface area contributed by atoms with Gasteiger partial charge in [0.15, 0.2) is 5.65 Å². The van der Waals surface area contributed by atoms with Crippen LogP contribution in [0.3, 0.4) is 0 Å². The molecule has 0 aliphatic heterocycles. The van der Waals surface area contributed by atoms with E-state index in [-0.39, 0.29) is 5.91 Å². The summed E-state index contributed by atoms with van der Waals surface area (Å²) in [6, 6.07) is 9.36. The molecule has 0 aliphatic rings. The minimum absolute atomic E-state index is 0.0601. The summed E-state index contributed by atoms with van der Waals surface area (Å²) in [5, 5.41) is 15.1. The fourth-order valence-electron chi connectivity index (χ4n) is 3.71. The number of aromatic amines is 2. The number of anilines is 1. The minimum atomic E-state index is -0.0601. The van der Waals surface area contributed by atoms with E-state index in [4.69, 9.17) is 5.73 Å². The van der Waals surface area contributed by atoms with Crippen LogP contribution in [0.2, 0.25) is 0 Å². The van der Waals surface area contributed by atoms with E-state index < -0.39 is 0 Å². The number of nitrogens with zero attached hydrogens (tertiary/aromatic N) is 7. The summed E-state index contributed by atoms with van der Waals surface area (Å²) in [4.78, 5) is 25.6. The molecule has 0 aliphatic carbocycles. The van der Waals surface area contributed by atoms with Gasteiger partial charge in [0.1, 0.15) is 17.2 Å². The van der Waals surface area contributed by atoms with Gasteiger partial charge in [-0.05, 0) is 34.9 Å². The number of pyridine rings is 1. The van der Waals surface area contributed by atoms with Crippen LogP contribution < -0.4 is 5.73 Å². The maximum atomic E-state index is 12.7. The highest BCUT2D eigenvalue weighted by molar-refractivity contribution is 5.94. The molecule has 4 aromatic heterocycles. The van der Waals surface area contributed by atoms with Gasteiger partial charge < -0.3 is 15.6 Å². The molecule has 4 heterocycles. The fourth-order valence-corrected chi connectivity index (χ4v) is 3.71. The van der Waals surface area contributed by atoms with Crippen molar-refractivity contribution in [1.82, 2.24) is 45.0 Å². The second kappa shape index (κ2) is 8.54. The molecule has 5 rings (SSSR count). The number of hydrogen-bond acceptors (Lipinski definition) is 7. The lowest BCUT2D eigenvalue weighted by Gasteiger charge is -2.16. The molecule has 11 heteroatoms. The summed E-state index contributed by atoms with van der Waals surface area (Å²) in [6.45, 7) is 1.02. The van der Waals surface area contributed by atoms with E-state index in [9.17, 15) is 4.79 Å². The molecule has 0 saturated carbocycles. The maximum absolute atomic E-state index is 12.7. The number of nitrogen functional groups attached to an aromatic ring is 1. The van der Waals surface area contributed by atoms with Crippen molar-refractivity contribution in [3.05, 3.63) is 83.2 Å². The van der Waals surface area contributed by atoms with E-state index >= 15 is 0 Å². The third-order valence-corrected chi connectivity index (χ3v) is 5.31. The molecule has 0 radical (unpaired) electrons. The zero-order valence-electron chi connectivity index (χ0n) is 17.9. The lowest BCUT2D eigenvalue weighted by atomic mass is 10.1. The quantitative estimate of drug-likeness (QED) is 0.348. The van der Waals surface area contributed by atoms with Gasteiger partial charge >= 0.3 is 0 Å². The van der Waals surface area contributed by atoms with Gasteiger partial charge in [0.2, 0.25) is 0 Å². The molecule has 5 aromatic rings. The molecule has 4 N–H and O–H groups in total. The number of hydrogen-bond donors (Lipinski definition) is 3. The predicted octanol–water partition coefficient (Wildman–Crippen LogP) is 1.77. The second-order valence-electron chi connectivity index (χ2n) is 7.83. The van der Waals surface area contributed by atoms with E-state index in [1.165, 1.54) is 0 Å². The average molecular weight is 442 g/mol. The highest BCUT2D eigenvalue weighted by atomic mass is 16.2. The van der Waals surface area contributed by atoms with Crippen LogP contribution in [0.4, 0.5) is 5.82 Å². The molecule has 0 bridgehead atoms. The van der Waals surface area contributed by atoms with Crippen LogP contribution in [0.1, 0.15) is 32.9 Å². The van der Waals surface area contributed by atoms with Crippen LogP contribution in [0.25, 0.3) is 11.2 Å². The molecule has 0 saturated heterocycles. The van der Waals surface area contributed by atoms with E-state index in [2.05, 4.69) is 35.5 Å². The van der Waals surface area contributed by atoms with E-state index in [1.807, 2.05) is 41.3 Å². The van der Waals surface area contributed by atoms with Crippen molar-refractivity contribution in [1.29, 1.82) is 0 Å². The Morgan fingerprint density at radius 2 is 2.06 bits per heavy atom. The van der Waals surface area contributed by atoms with Crippen molar-refractivity contribution in [3.63, 3.8) is 0 Å². The van der Waals surface area contributed by atoms with Gasteiger partial charge in [0.05, 0.1) is 19.3 Å². The number of imidazole rings is 1. The van der Waals surface area contributed by atoms with Crippen LogP contribution >= 0.6 is 0 Å². The molecule has 33 heavy (non-hydrogen) atoms. The van der Waals surface area contributed by atoms with Gasteiger partial charge in [-0.1, -0.05) is 17.3 Å². The SMILES string of the molecule is CN(Cc1ncc[nH]1)C(=O)c1ccc(Cn2cc(Cc3cc(N)nc4[nH]nnc34)cn2)cc1. The van der Waals surface area contributed by atoms with Crippen molar-refractivity contribution >= 4 is 22.9 Å².